The van der Waals surface area contributed by atoms with E-state index in [0.717, 1.165) is 23.9 Å². The van der Waals surface area contributed by atoms with Crippen molar-refractivity contribution < 1.29 is 9.84 Å². The minimum atomic E-state index is 0.0179. The molecule has 2 aromatic rings. The Hall–Kier alpha value is -1.65. The lowest BCUT2D eigenvalue weighted by Crippen LogP contribution is -2.70. The summed E-state index contributed by atoms with van der Waals surface area (Å²) in [7, 11) is 0. The summed E-state index contributed by atoms with van der Waals surface area (Å²) < 4.78 is 6.74. The van der Waals surface area contributed by atoms with E-state index in [1.807, 2.05) is 18.3 Å². The van der Waals surface area contributed by atoms with E-state index < -0.39 is 0 Å². The monoisotopic (exact) mass is 310 g/mol. The minimum absolute atomic E-state index is 0.0179. The van der Waals surface area contributed by atoms with Crippen molar-refractivity contribution in [3.8, 4) is 5.75 Å². The highest BCUT2D eigenvalue weighted by atomic mass is 16.5. The lowest BCUT2D eigenvalue weighted by molar-refractivity contribution is -0.274. The predicted octanol–water partition coefficient (Wildman–Crippen LogP) is 3.25. The molecule has 1 aromatic heterocycles. The van der Waals surface area contributed by atoms with Crippen LogP contribution in [0.15, 0.2) is 30.5 Å². The molecular formula is C19H22N2O2. The van der Waals surface area contributed by atoms with Gasteiger partial charge in [0.15, 0.2) is 0 Å². The summed E-state index contributed by atoms with van der Waals surface area (Å²) in [5.74, 6) is 1.00. The van der Waals surface area contributed by atoms with Crippen LogP contribution in [0.4, 0.5) is 0 Å². The van der Waals surface area contributed by atoms with Gasteiger partial charge >= 0.3 is 0 Å². The van der Waals surface area contributed by atoms with E-state index in [9.17, 15) is 5.11 Å². The van der Waals surface area contributed by atoms with Crippen molar-refractivity contribution in [3.63, 3.8) is 0 Å². The van der Waals surface area contributed by atoms with E-state index in [1.165, 1.54) is 24.9 Å². The molecule has 0 aliphatic carbocycles. The van der Waals surface area contributed by atoms with E-state index in [1.54, 1.807) is 6.07 Å². The largest absolute Gasteiger partial charge is 0.508 e. The van der Waals surface area contributed by atoms with Crippen molar-refractivity contribution in [2.45, 2.75) is 43.9 Å². The molecule has 5 fully saturated rings. The highest BCUT2D eigenvalue weighted by molar-refractivity contribution is 5.83. The smallest absolute Gasteiger partial charge is 0.116 e. The van der Waals surface area contributed by atoms with Gasteiger partial charge in [-0.3, -0.25) is 9.88 Å². The van der Waals surface area contributed by atoms with Crippen molar-refractivity contribution in [2.24, 2.45) is 5.92 Å². The summed E-state index contributed by atoms with van der Waals surface area (Å²) in [5.41, 5.74) is 2.12. The topological polar surface area (TPSA) is 45.6 Å². The van der Waals surface area contributed by atoms with Gasteiger partial charge in [-0.15, -0.1) is 0 Å². The van der Waals surface area contributed by atoms with E-state index >= 15 is 0 Å². The predicted molar refractivity (Wildman–Crippen MR) is 88.3 cm³/mol. The maximum atomic E-state index is 9.91. The van der Waals surface area contributed by atoms with Gasteiger partial charge in [-0.1, -0.05) is 6.92 Å². The Morgan fingerprint density at radius 3 is 3.09 bits per heavy atom. The first-order valence-corrected chi connectivity index (χ1v) is 8.70. The van der Waals surface area contributed by atoms with Gasteiger partial charge in [0.25, 0.3) is 0 Å². The average Bonchev–Trinajstić information content (AvgIpc) is 2.61. The van der Waals surface area contributed by atoms with Crippen molar-refractivity contribution in [3.05, 3.63) is 36.0 Å². The Morgan fingerprint density at radius 1 is 1.39 bits per heavy atom. The first kappa shape index (κ1) is 13.8. The molecule has 7 rings (SSSR count). The van der Waals surface area contributed by atoms with E-state index in [4.69, 9.17) is 4.74 Å². The molecule has 120 valence electrons. The zero-order valence-corrected chi connectivity index (χ0v) is 13.4. The molecule has 23 heavy (non-hydrogen) atoms. The molecular weight excluding hydrogens is 288 g/mol. The van der Waals surface area contributed by atoms with Crippen molar-refractivity contribution in [1.29, 1.82) is 0 Å². The number of hydrogen-bond acceptors (Lipinski definition) is 4. The number of rotatable bonds is 2. The highest BCUT2D eigenvalue weighted by Gasteiger charge is 2.58. The fourth-order valence-electron chi connectivity index (χ4n) is 5.13. The summed E-state index contributed by atoms with van der Waals surface area (Å²) in [6.45, 7) is 4.55. The number of piperidine rings is 3. The highest BCUT2D eigenvalue weighted by Crippen LogP contribution is 2.54. The van der Waals surface area contributed by atoms with Crippen molar-refractivity contribution in [2.75, 3.05) is 13.1 Å². The van der Waals surface area contributed by atoms with Crippen LogP contribution in [0.25, 0.3) is 10.9 Å². The Morgan fingerprint density at radius 2 is 2.30 bits per heavy atom. The normalized spacial score (nSPS) is 38.3. The number of hydrogen-bond donors (Lipinski definition) is 1. The number of nitrogens with zero attached hydrogens (tertiary/aromatic N) is 2. The van der Waals surface area contributed by atoms with Crippen molar-refractivity contribution >= 4 is 10.9 Å². The van der Waals surface area contributed by atoms with Crippen LogP contribution in [0, 0.1) is 5.92 Å². The summed E-state index contributed by atoms with van der Waals surface area (Å²) in [6.07, 6.45) is 5.54. The molecule has 4 heteroatoms. The lowest BCUT2D eigenvalue weighted by Gasteiger charge is -2.64. The number of phenols is 1. The maximum absolute atomic E-state index is 9.91. The number of aromatic nitrogens is 1. The number of fused-ring (bicyclic) bond motifs is 3. The number of pyridine rings is 1. The number of benzene rings is 1. The van der Waals surface area contributed by atoms with Gasteiger partial charge in [-0.2, -0.15) is 0 Å². The first-order chi connectivity index (χ1) is 11.2. The van der Waals surface area contributed by atoms with Gasteiger partial charge < -0.3 is 9.84 Å². The van der Waals surface area contributed by atoms with Crippen LogP contribution in [0.1, 0.15) is 37.9 Å². The zero-order chi connectivity index (χ0) is 15.6. The third-order valence-electron chi connectivity index (χ3n) is 6.35. The molecule has 2 unspecified atom stereocenters. The maximum Gasteiger partial charge on any atom is 0.116 e. The third kappa shape index (κ3) is 1.82. The van der Waals surface area contributed by atoms with E-state index in [0.29, 0.717) is 17.7 Å². The van der Waals surface area contributed by atoms with Gasteiger partial charge in [0.1, 0.15) is 5.75 Å². The van der Waals surface area contributed by atoms with Crippen LogP contribution in [0.5, 0.6) is 5.75 Å². The molecule has 1 N–H and O–H groups in total. The lowest BCUT2D eigenvalue weighted by atomic mass is 9.66. The van der Waals surface area contributed by atoms with Crippen LogP contribution < -0.4 is 0 Å². The van der Waals surface area contributed by atoms with Crippen LogP contribution >= 0.6 is 0 Å². The summed E-state index contributed by atoms with van der Waals surface area (Å²) in [5, 5.41) is 10.9. The molecule has 0 radical (unpaired) electrons. The van der Waals surface area contributed by atoms with Gasteiger partial charge in [0.05, 0.1) is 17.2 Å². The molecule has 4 nitrogen and oxygen atoms in total. The van der Waals surface area contributed by atoms with Gasteiger partial charge in [-0.25, -0.2) is 0 Å². The SMILES string of the molecule is CC[C@]12CN3CCC1C[C@H]3[C@H](c1ccnc3ccc(O)cc13)O2. The average molecular weight is 310 g/mol. The summed E-state index contributed by atoms with van der Waals surface area (Å²) in [6, 6.07) is 7.96. The van der Waals surface area contributed by atoms with Crippen LogP contribution in [0.3, 0.4) is 0 Å². The van der Waals surface area contributed by atoms with Gasteiger partial charge in [-0.05, 0) is 61.6 Å². The third-order valence-corrected chi connectivity index (χ3v) is 6.35. The molecule has 5 saturated heterocycles. The van der Waals surface area contributed by atoms with Crippen LogP contribution in [-0.2, 0) is 4.74 Å². The number of aromatic hydroxyl groups is 1. The fourth-order valence-corrected chi connectivity index (χ4v) is 5.13. The quantitative estimate of drug-likeness (QED) is 0.925. The second kappa shape index (κ2) is 4.68. The second-order valence-corrected chi connectivity index (χ2v) is 7.32. The Balaban J connectivity index is 1.64. The van der Waals surface area contributed by atoms with Crippen LogP contribution in [-0.4, -0.2) is 39.7 Å². The molecule has 4 bridgehead atoms. The van der Waals surface area contributed by atoms with Crippen molar-refractivity contribution in [1.82, 2.24) is 9.88 Å². The molecule has 5 aliphatic heterocycles. The molecule has 5 atom stereocenters. The zero-order valence-electron chi connectivity index (χ0n) is 13.4. The van der Waals surface area contributed by atoms with E-state index in [2.05, 4.69) is 22.9 Å². The Bertz CT molecular complexity index is 777. The first-order valence-electron chi connectivity index (χ1n) is 8.70. The van der Waals surface area contributed by atoms with Gasteiger partial charge in [0, 0.05) is 24.2 Å². The molecule has 0 spiro atoms. The molecule has 0 amide bonds. The summed E-state index contributed by atoms with van der Waals surface area (Å²) in [4.78, 5) is 7.08. The second-order valence-electron chi connectivity index (χ2n) is 7.32. The molecule has 6 heterocycles. The summed E-state index contributed by atoms with van der Waals surface area (Å²) >= 11 is 0. The number of morpholine rings is 1. The number of phenolic OH excluding ortho intramolecular Hbond substituents is 1. The minimum Gasteiger partial charge on any atom is -0.508 e. The van der Waals surface area contributed by atoms with E-state index in [-0.39, 0.29) is 11.7 Å². The number of ether oxygens (including phenoxy) is 1. The fraction of sp³-hybridized carbons (Fsp3) is 0.526. The molecule has 1 aromatic carbocycles. The van der Waals surface area contributed by atoms with Crippen LogP contribution in [0.2, 0.25) is 0 Å². The Labute approximate surface area is 136 Å². The Kier molecular flexibility index (Phi) is 2.80. The standard InChI is InChI=1S/C19H22N2O2/c1-2-19-11-21-8-6-12(19)9-17(21)18(23-19)14-5-7-20-16-4-3-13(22)10-15(14)16/h3-5,7,10,12,17-18,22H,2,6,8-9,11H2,1H3/t12?,17-,18-,19-/m0/s1. The molecule has 5 aliphatic rings. The molecule has 0 saturated carbocycles. The van der Waals surface area contributed by atoms with Gasteiger partial charge in [0.2, 0.25) is 0 Å².